The third-order valence-corrected chi connectivity index (χ3v) is 8.94. The molecule has 2 atom stereocenters. The first kappa shape index (κ1) is 25.8. The van der Waals surface area contributed by atoms with Crippen molar-refractivity contribution in [3.63, 3.8) is 0 Å². The number of fused-ring (bicyclic) bond motifs is 1. The minimum atomic E-state index is -0.729. The van der Waals surface area contributed by atoms with Crippen LogP contribution in [0.25, 0.3) is 0 Å². The molecule has 3 aliphatic rings. The zero-order valence-electron chi connectivity index (χ0n) is 20.9. The summed E-state index contributed by atoms with van der Waals surface area (Å²) in [5, 5.41) is 4.34. The van der Waals surface area contributed by atoms with Crippen LogP contribution in [0, 0.1) is 0 Å². The Morgan fingerprint density at radius 2 is 1.64 bits per heavy atom. The van der Waals surface area contributed by atoms with E-state index in [-0.39, 0.29) is 23.9 Å². The highest BCUT2D eigenvalue weighted by atomic mass is 32.2. The zero-order chi connectivity index (χ0) is 26.8. The van der Waals surface area contributed by atoms with Crippen molar-refractivity contribution in [2.75, 3.05) is 19.0 Å². The molecular formula is C29H26N2O6S2. The predicted octanol–water partition coefficient (Wildman–Crippen LogP) is 3.65. The fourth-order valence-corrected chi connectivity index (χ4v) is 6.98. The number of esters is 1. The lowest BCUT2D eigenvalue weighted by molar-refractivity contribution is -0.155. The summed E-state index contributed by atoms with van der Waals surface area (Å²) in [4.78, 5) is 42.3. The van der Waals surface area contributed by atoms with Crippen LogP contribution in [-0.2, 0) is 35.0 Å². The number of β-lactam (4-membered cyclic amide) rings is 1. The van der Waals surface area contributed by atoms with E-state index in [2.05, 4.69) is 5.32 Å². The molecule has 0 aliphatic carbocycles. The highest BCUT2D eigenvalue weighted by molar-refractivity contribution is 8.00. The number of thioether (sulfide) groups is 1. The van der Waals surface area contributed by atoms with Crippen molar-refractivity contribution in [3.8, 4) is 0 Å². The topological polar surface area (TPSA) is 94.2 Å². The summed E-state index contributed by atoms with van der Waals surface area (Å²) in [6.45, 7) is 0.799. The van der Waals surface area contributed by atoms with Gasteiger partial charge in [-0.05, 0) is 22.6 Å². The molecule has 2 fully saturated rings. The summed E-state index contributed by atoms with van der Waals surface area (Å²) in [6.07, 6.45) is -1.20. The van der Waals surface area contributed by atoms with Crippen LogP contribution in [0.1, 0.15) is 22.1 Å². The summed E-state index contributed by atoms with van der Waals surface area (Å²) >= 11 is 2.96. The molecule has 8 nitrogen and oxygen atoms in total. The molecule has 2 aromatic carbocycles. The minimum Gasteiger partial charge on any atom is -0.448 e. The van der Waals surface area contributed by atoms with E-state index in [1.807, 2.05) is 78.2 Å². The number of ether oxygens (including phenoxy) is 3. The second-order valence-electron chi connectivity index (χ2n) is 9.27. The molecule has 0 saturated carbocycles. The number of nitrogens with zero attached hydrogens (tertiary/aromatic N) is 1. The summed E-state index contributed by atoms with van der Waals surface area (Å²) in [7, 11) is 0. The molecule has 39 heavy (non-hydrogen) atoms. The van der Waals surface area contributed by atoms with Gasteiger partial charge in [-0.2, -0.15) is 0 Å². The van der Waals surface area contributed by atoms with Crippen LogP contribution in [0.3, 0.4) is 0 Å². The van der Waals surface area contributed by atoms with Crippen molar-refractivity contribution >= 4 is 40.9 Å². The molecule has 3 aromatic rings. The molecule has 0 bridgehead atoms. The fraction of sp³-hybridized carbons (Fsp3) is 0.276. The second kappa shape index (κ2) is 11.4. The van der Waals surface area contributed by atoms with E-state index in [9.17, 15) is 14.4 Å². The Bertz CT molecular complexity index is 1330. The van der Waals surface area contributed by atoms with Gasteiger partial charge in [-0.1, -0.05) is 66.7 Å². The molecule has 4 heterocycles. The number of carbonyl (C=O) groups excluding carboxylic acids is 3. The normalized spacial score (nSPS) is 21.1. The SMILES string of the molecule is O=C(Cc1cccs1)NC1C(=O)N2C(C(=O)OC(c3ccccc3)c3ccccc3)=C(C3OCCO3)CS[C@H]12. The van der Waals surface area contributed by atoms with E-state index in [1.54, 1.807) is 0 Å². The van der Waals surface area contributed by atoms with Gasteiger partial charge in [0, 0.05) is 16.2 Å². The Morgan fingerprint density at radius 3 is 2.26 bits per heavy atom. The molecule has 0 spiro atoms. The molecule has 6 rings (SSSR count). The lowest BCUT2D eigenvalue weighted by Gasteiger charge is -2.50. The lowest BCUT2D eigenvalue weighted by atomic mass is 10.0. The average molecular weight is 563 g/mol. The van der Waals surface area contributed by atoms with Crippen LogP contribution >= 0.6 is 23.1 Å². The highest BCUT2D eigenvalue weighted by Gasteiger charge is 2.55. The smallest absolute Gasteiger partial charge is 0.356 e. The Hall–Kier alpha value is -3.44. The maximum atomic E-state index is 13.9. The van der Waals surface area contributed by atoms with Crippen LogP contribution in [0.2, 0.25) is 0 Å². The van der Waals surface area contributed by atoms with E-state index < -0.39 is 29.8 Å². The molecule has 1 aromatic heterocycles. The number of benzene rings is 2. The highest BCUT2D eigenvalue weighted by Crippen LogP contribution is 2.43. The third-order valence-electron chi connectivity index (χ3n) is 6.76. The molecular weight excluding hydrogens is 536 g/mol. The quantitative estimate of drug-likeness (QED) is 0.331. The van der Waals surface area contributed by atoms with Gasteiger partial charge >= 0.3 is 5.97 Å². The minimum absolute atomic E-state index is 0.135. The number of carbonyl (C=O) groups is 3. The number of nitrogens with one attached hydrogen (secondary N) is 1. The number of hydrogen-bond acceptors (Lipinski definition) is 8. The molecule has 1 unspecified atom stereocenters. The third kappa shape index (κ3) is 5.25. The number of amides is 2. The van der Waals surface area contributed by atoms with E-state index >= 15 is 0 Å². The molecule has 3 aliphatic heterocycles. The first-order valence-corrected chi connectivity index (χ1v) is 14.6. The van der Waals surface area contributed by atoms with E-state index in [1.165, 1.54) is 28.0 Å². The Labute approximate surface area is 233 Å². The van der Waals surface area contributed by atoms with Gasteiger partial charge in [0.2, 0.25) is 5.91 Å². The van der Waals surface area contributed by atoms with Crippen molar-refractivity contribution in [2.45, 2.75) is 30.2 Å². The number of thiophene rings is 1. The summed E-state index contributed by atoms with van der Waals surface area (Å²) in [6, 6.07) is 22.0. The van der Waals surface area contributed by atoms with Crippen molar-refractivity contribution in [3.05, 3.63) is 105 Å². The maximum Gasteiger partial charge on any atom is 0.356 e. The zero-order valence-corrected chi connectivity index (χ0v) is 22.5. The fourth-order valence-electron chi connectivity index (χ4n) is 4.92. The van der Waals surface area contributed by atoms with Crippen molar-refractivity contribution in [1.82, 2.24) is 10.2 Å². The predicted molar refractivity (Wildman–Crippen MR) is 147 cm³/mol. The second-order valence-corrected chi connectivity index (χ2v) is 11.4. The standard InChI is InChI=1S/C29H26N2O6S2/c32-22(16-20-12-7-15-38-20)30-23-26(33)31-24(21(17-39-27(23)31)29-35-13-14-36-29)28(34)37-25(18-8-3-1-4-9-18)19-10-5-2-6-11-19/h1-12,15,23,25,27,29H,13-14,16-17H2,(H,30,32)/t23?,27-/m1/s1. The van der Waals surface area contributed by atoms with Crippen LogP contribution in [-0.4, -0.2) is 59.4 Å². The number of rotatable bonds is 8. The van der Waals surface area contributed by atoms with Gasteiger partial charge in [-0.25, -0.2) is 4.79 Å². The molecule has 0 radical (unpaired) electrons. The van der Waals surface area contributed by atoms with Gasteiger partial charge in [0.1, 0.15) is 17.1 Å². The molecule has 200 valence electrons. The van der Waals surface area contributed by atoms with Crippen LogP contribution < -0.4 is 5.32 Å². The van der Waals surface area contributed by atoms with Crippen molar-refractivity contribution in [1.29, 1.82) is 0 Å². The van der Waals surface area contributed by atoms with Gasteiger partial charge in [-0.3, -0.25) is 14.5 Å². The lowest BCUT2D eigenvalue weighted by Crippen LogP contribution is -2.71. The summed E-state index contributed by atoms with van der Waals surface area (Å²) in [5.41, 5.74) is 2.32. The Balaban J connectivity index is 1.27. The average Bonchev–Trinajstić information content (AvgIpc) is 3.70. The largest absolute Gasteiger partial charge is 0.448 e. The summed E-state index contributed by atoms with van der Waals surface area (Å²) in [5.74, 6) is -0.818. The first-order chi connectivity index (χ1) is 19.1. The van der Waals surface area contributed by atoms with Gasteiger partial charge in [0.15, 0.2) is 12.4 Å². The van der Waals surface area contributed by atoms with Crippen LogP contribution in [0.4, 0.5) is 0 Å². The van der Waals surface area contributed by atoms with E-state index in [4.69, 9.17) is 14.2 Å². The summed E-state index contributed by atoms with van der Waals surface area (Å²) < 4.78 is 17.6. The molecule has 1 N–H and O–H groups in total. The first-order valence-electron chi connectivity index (χ1n) is 12.6. The Morgan fingerprint density at radius 1 is 0.974 bits per heavy atom. The van der Waals surface area contributed by atoms with E-state index in [0.717, 1.165) is 16.0 Å². The molecule has 10 heteroatoms. The maximum absolute atomic E-state index is 13.9. The van der Waals surface area contributed by atoms with Gasteiger partial charge in [-0.15, -0.1) is 23.1 Å². The number of hydrogen-bond donors (Lipinski definition) is 1. The van der Waals surface area contributed by atoms with Crippen molar-refractivity contribution < 1.29 is 28.6 Å². The molecule has 2 amide bonds. The van der Waals surface area contributed by atoms with Crippen LogP contribution in [0.5, 0.6) is 0 Å². The molecule has 2 saturated heterocycles. The Kier molecular flexibility index (Phi) is 7.51. The monoisotopic (exact) mass is 562 g/mol. The van der Waals surface area contributed by atoms with Crippen molar-refractivity contribution in [2.24, 2.45) is 0 Å². The van der Waals surface area contributed by atoms with Gasteiger partial charge in [0.25, 0.3) is 5.91 Å². The van der Waals surface area contributed by atoms with Gasteiger partial charge in [0.05, 0.1) is 19.6 Å². The van der Waals surface area contributed by atoms with Gasteiger partial charge < -0.3 is 19.5 Å². The van der Waals surface area contributed by atoms with E-state index in [0.29, 0.717) is 24.5 Å². The van der Waals surface area contributed by atoms with Crippen LogP contribution in [0.15, 0.2) is 89.4 Å².